The van der Waals surface area contributed by atoms with Crippen LogP contribution in [0.1, 0.15) is 40.5 Å². The van der Waals surface area contributed by atoms with E-state index < -0.39 is 12.7 Å². The van der Waals surface area contributed by atoms with Gasteiger partial charge in [0.1, 0.15) is 0 Å². The smallest absolute Gasteiger partial charge is 0.309 e. The van der Waals surface area contributed by atoms with Crippen molar-refractivity contribution in [2.24, 2.45) is 5.92 Å². The van der Waals surface area contributed by atoms with Gasteiger partial charge in [0.2, 0.25) is 0 Å². The molecule has 108 valence electrons. The monoisotopic (exact) mass is 266 g/mol. The van der Waals surface area contributed by atoms with Crippen molar-refractivity contribution in [3.8, 4) is 0 Å². The lowest BCUT2D eigenvalue weighted by molar-refractivity contribution is -0.159. The zero-order valence-corrected chi connectivity index (χ0v) is 11.8. The fraction of sp³-hybridized carbons (Fsp3) is 1.00. The molecule has 3 unspecified atom stereocenters. The van der Waals surface area contributed by atoms with Gasteiger partial charge in [-0.05, 0) is 19.3 Å². The summed E-state index contributed by atoms with van der Waals surface area (Å²) in [5, 5.41) is 3.42. The van der Waals surface area contributed by atoms with Crippen molar-refractivity contribution in [1.29, 1.82) is 0 Å². The molecule has 1 aliphatic heterocycles. The molecule has 0 bridgehead atoms. The standard InChI is InChI=1S/C13H25F3N2/c1-5-10(3)11-7-17-12(4,6-2)8-18(11)9-13(14,15)16/h10-11,17H,5-9H2,1-4H3. The maximum absolute atomic E-state index is 12.7. The van der Waals surface area contributed by atoms with Gasteiger partial charge in [-0.25, -0.2) is 0 Å². The third-order valence-corrected chi connectivity index (χ3v) is 4.22. The van der Waals surface area contributed by atoms with Crippen LogP contribution in [-0.2, 0) is 0 Å². The van der Waals surface area contributed by atoms with Gasteiger partial charge in [-0.1, -0.05) is 27.2 Å². The normalized spacial score (nSPS) is 32.5. The van der Waals surface area contributed by atoms with E-state index in [1.54, 1.807) is 4.90 Å². The first kappa shape index (κ1) is 15.8. The minimum Gasteiger partial charge on any atom is -0.309 e. The summed E-state index contributed by atoms with van der Waals surface area (Å²) in [6, 6.07) is -0.0174. The molecule has 1 heterocycles. The highest BCUT2D eigenvalue weighted by atomic mass is 19.4. The Morgan fingerprint density at radius 3 is 2.44 bits per heavy atom. The van der Waals surface area contributed by atoms with Crippen LogP contribution in [0.5, 0.6) is 0 Å². The Morgan fingerprint density at radius 2 is 2.00 bits per heavy atom. The molecule has 0 spiro atoms. The van der Waals surface area contributed by atoms with Crippen molar-refractivity contribution in [3.05, 3.63) is 0 Å². The predicted octanol–water partition coefficient (Wildman–Crippen LogP) is 3.04. The molecule has 1 rings (SSSR count). The van der Waals surface area contributed by atoms with Gasteiger partial charge in [-0.15, -0.1) is 0 Å². The van der Waals surface area contributed by atoms with Crippen molar-refractivity contribution in [2.45, 2.75) is 58.3 Å². The molecule has 3 atom stereocenters. The Hall–Kier alpha value is -0.290. The number of rotatable bonds is 4. The third-order valence-electron chi connectivity index (χ3n) is 4.22. The number of hydrogen-bond acceptors (Lipinski definition) is 2. The van der Waals surface area contributed by atoms with Crippen LogP contribution in [0.15, 0.2) is 0 Å². The Kier molecular flexibility index (Phi) is 5.06. The minimum absolute atomic E-state index is 0.0174. The highest BCUT2D eigenvalue weighted by Crippen LogP contribution is 2.27. The van der Waals surface area contributed by atoms with E-state index in [0.29, 0.717) is 13.1 Å². The fourth-order valence-corrected chi connectivity index (χ4v) is 2.57. The van der Waals surface area contributed by atoms with Gasteiger partial charge in [0.05, 0.1) is 6.54 Å². The summed E-state index contributed by atoms with van der Waals surface area (Å²) in [5.41, 5.74) is -0.199. The van der Waals surface area contributed by atoms with Crippen LogP contribution >= 0.6 is 0 Å². The van der Waals surface area contributed by atoms with Crippen LogP contribution in [0, 0.1) is 5.92 Å². The Balaban J connectivity index is 2.79. The molecule has 0 aromatic rings. The SMILES string of the molecule is CCC(C)C1CNC(C)(CC)CN1CC(F)(F)F. The van der Waals surface area contributed by atoms with Crippen LogP contribution in [0.3, 0.4) is 0 Å². The zero-order valence-electron chi connectivity index (χ0n) is 11.8. The van der Waals surface area contributed by atoms with Gasteiger partial charge >= 0.3 is 6.18 Å². The first-order valence-corrected chi connectivity index (χ1v) is 6.76. The molecule has 0 saturated carbocycles. The molecule has 1 fully saturated rings. The van der Waals surface area contributed by atoms with E-state index in [4.69, 9.17) is 0 Å². The molecule has 5 heteroatoms. The van der Waals surface area contributed by atoms with Crippen molar-refractivity contribution in [2.75, 3.05) is 19.6 Å². The van der Waals surface area contributed by atoms with Gasteiger partial charge in [0.25, 0.3) is 0 Å². The van der Waals surface area contributed by atoms with Crippen molar-refractivity contribution in [1.82, 2.24) is 10.2 Å². The molecular formula is C13H25F3N2. The summed E-state index contributed by atoms with van der Waals surface area (Å²) >= 11 is 0. The molecule has 18 heavy (non-hydrogen) atoms. The van der Waals surface area contributed by atoms with Crippen molar-refractivity contribution >= 4 is 0 Å². The largest absolute Gasteiger partial charge is 0.401 e. The van der Waals surface area contributed by atoms with E-state index in [1.807, 2.05) is 27.7 Å². The molecular weight excluding hydrogens is 241 g/mol. The molecule has 1 aliphatic rings. The highest BCUT2D eigenvalue weighted by molar-refractivity contribution is 4.96. The third kappa shape index (κ3) is 4.12. The highest BCUT2D eigenvalue weighted by Gasteiger charge is 2.41. The second-order valence-corrected chi connectivity index (χ2v) is 5.77. The number of nitrogens with one attached hydrogen (secondary N) is 1. The van der Waals surface area contributed by atoms with E-state index in [9.17, 15) is 13.2 Å². The number of nitrogens with zero attached hydrogens (tertiary/aromatic N) is 1. The summed E-state index contributed by atoms with van der Waals surface area (Å²) < 4.78 is 38.0. The Bertz CT molecular complexity index is 267. The zero-order chi connectivity index (χ0) is 14.0. The lowest BCUT2D eigenvalue weighted by Gasteiger charge is -2.48. The first-order valence-electron chi connectivity index (χ1n) is 6.76. The lowest BCUT2D eigenvalue weighted by atomic mass is 9.88. The molecule has 0 aromatic heterocycles. The second kappa shape index (κ2) is 5.78. The summed E-state index contributed by atoms with van der Waals surface area (Å²) in [5.74, 6) is 0.279. The lowest BCUT2D eigenvalue weighted by Crippen LogP contribution is -2.65. The van der Waals surface area contributed by atoms with Crippen LogP contribution < -0.4 is 5.32 Å². The maximum Gasteiger partial charge on any atom is 0.401 e. The van der Waals surface area contributed by atoms with E-state index in [0.717, 1.165) is 12.8 Å². The quantitative estimate of drug-likeness (QED) is 0.841. The molecule has 0 aromatic carbocycles. The average molecular weight is 266 g/mol. The van der Waals surface area contributed by atoms with Gasteiger partial charge in [-0.2, -0.15) is 13.2 Å². The number of halogens is 3. The van der Waals surface area contributed by atoms with Gasteiger partial charge in [-0.3, -0.25) is 4.90 Å². The second-order valence-electron chi connectivity index (χ2n) is 5.77. The Morgan fingerprint density at radius 1 is 1.39 bits per heavy atom. The topological polar surface area (TPSA) is 15.3 Å². The van der Waals surface area contributed by atoms with Crippen molar-refractivity contribution < 1.29 is 13.2 Å². The van der Waals surface area contributed by atoms with Gasteiger partial charge < -0.3 is 5.32 Å². The van der Waals surface area contributed by atoms with Crippen LogP contribution in [0.4, 0.5) is 13.2 Å². The molecule has 0 aliphatic carbocycles. The van der Waals surface area contributed by atoms with Crippen LogP contribution in [-0.4, -0.2) is 42.3 Å². The van der Waals surface area contributed by atoms with E-state index in [-0.39, 0.29) is 17.5 Å². The average Bonchev–Trinajstić information content (AvgIpc) is 2.26. The van der Waals surface area contributed by atoms with E-state index in [2.05, 4.69) is 5.32 Å². The summed E-state index contributed by atoms with van der Waals surface area (Å²) in [4.78, 5) is 1.62. The molecule has 1 saturated heterocycles. The van der Waals surface area contributed by atoms with Crippen LogP contribution in [0.25, 0.3) is 0 Å². The molecule has 0 amide bonds. The van der Waals surface area contributed by atoms with Crippen molar-refractivity contribution in [3.63, 3.8) is 0 Å². The molecule has 0 radical (unpaired) electrons. The number of piperazine rings is 1. The summed E-state index contributed by atoms with van der Waals surface area (Å²) in [7, 11) is 0. The molecule has 1 N–H and O–H groups in total. The molecule has 2 nitrogen and oxygen atoms in total. The maximum atomic E-state index is 12.7. The number of hydrogen-bond donors (Lipinski definition) is 1. The van der Waals surface area contributed by atoms with Crippen LogP contribution in [0.2, 0.25) is 0 Å². The van der Waals surface area contributed by atoms with E-state index in [1.165, 1.54) is 0 Å². The fourth-order valence-electron chi connectivity index (χ4n) is 2.57. The predicted molar refractivity (Wildman–Crippen MR) is 67.6 cm³/mol. The number of alkyl halides is 3. The summed E-state index contributed by atoms with van der Waals surface area (Å²) in [6.45, 7) is 8.41. The van der Waals surface area contributed by atoms with Gasteiger partial charge in [0.15, 0.2) is 0 Å². The van der Waals surface area contributed by atoms with E-state index >= 15 is 0 Å². The first-order chi connectivity index (χ1) is 8.21. The minimum atomic E-state index is -4.11. The Labute approximate surface area is 108 Å². The summed E-state index contributed by atoms with van der Waals surface area (Å²) in [6.07, 6.45) is -2.37. The van der Waals surface area contributed by atoms with Gasteiger partial charge in [0, 0.05) is 24.7 Å².